The molecule has 5 heteroatoms. The van der Waals surface area contributed by atoms with Crippen LogP contribution in [0.5, 0.6) is 0 Å². The number of fused-ring (bicyclic) bond motifs is 1. The number of hydrogen-bond donors (Lipinski definition) is 1. The molecule has 100 valence electrons. The van der Waals surface area contributed by atoms with Gasteiger partial charge in [-0.3, -0.25) is 14.5 Å². The van der Waals surface area contributed by atoms with E-state index in [2.05, 4.69) is 0 Å². The second-order valence-corrected chi connectivity index (χ2v) is 5.63. The average molecular weight is 261 g/mol. The number of carbonyl (C=O) groups excluding carboxylic acids is 2. The van der Waals surface area contributed by atoms with E-state index in [-0.39, 0.29) is 11.1 Å². The summed E-state index contributed by atoms with van der Waals surface area (Å²) in [7, 11) is 0. The van der Waals surface area contributed by atoms with Crippen LogP contribution in [0.25, 0.3) is 0 Å². The van der Waals surface area contributed by atoms with Gasteiger partial charge in [-0.05, 0) is 17.5 Å². The van der Waals surface area contributed by atoms with Crippen molar-refractivity contribution in [3.05, 3.63) is 35.4 Å². The third-order valence-electron chi connectivity index (χ3n) is 3.14. The largest absolute Gasteiger partial charge is 0.480 e. The summed E-state index contributed by atoms with van der Waals surface area (Å²) in [6.45, 7) is 5.07. The van der Waals surface area contributed by atoms with E-state index in [1.807, 2.05) is 0 Å². The van der Waals surface area contributed by atoms with Crippen molar-refractivity contribution in [2.24, 2.45) is 5.41 Å². The smallest absolute Gasteiger partial charge is 0.327 e. The first-order valence-corrected chi connectivity index (χ1v) is 5.95. The molecule has 1 aliphatic rings. The van der Waals surface area contributed by atoms with Crippen molar-refractivity contribution >= 4 is 17.8 Å². The number of carbonyl (C=O) groups is 3. The van der Waals surface area contributed by atoms with Gasteiger partial charge in [-0.25, -0.2) is 4.79 Å². The molecule has 1 N–H and O–H groups in total. The summed E-state index contributed by atoms with van der Waals surface area (Å²) in [6, 6.07) is 5.20. The van der Waals surface area contributed by atoms with Crippen molar-refractivity contribution in [1.29, 1.82) is 0 Å². The predicted octanol–water partition coefficient (Wildman–Crippen LogP) is 1.78. The zero-order valence-electron chi connectivity index (χ0n) is 11.0. The molecule has 0 fully saturated rings. The second kappa shape index (κ2) is 4.19. The van der Waals surface area contributed by atoms with E-state index >= 15 is 0 Å². The SMILES string of the molecule is CC(C)(C)[C@H](C(=O)O)N1C(=O)c2ccccc2C1=O. The van der Waals surface area contributed by atoms with Crippen LogP contribution in [0.3, 0.4) is 0 Å². The molecule has 1 atom stereocenters. The van der Waals surface area contributed by atoms with E-state index in [1.54, 1.807) is 32.9 Å². The van der Waals surface area contributed by atoms with Crippen LogP contribution in [0.2, 0.25) is 0 Å². The van der Waals surface area contributed by atoms with Crippen LogP contribution in [0.1, 0.15) is 41.5 Å². The Bertz CT molecular complexity index is 536. The fourth-order valence-corrected chi connectivity index (χ4v) is 2.31. The van der Waals surface area contributed by atoms with Crippen molar-refractivity contribution < 1.29 is 19.5 Å². The summed E-state index contributed by atoms with van der Waals surface area (Å²) >= 11 is 0. The molecular weight excluding hydrogens is 246 g/mol. The fraction of sp³-hybridized carbons (Fsp3) is 0.357. The van der Waals surface area contributed by atoms with Crippen molar-refractivity contribution in [3.63, 3.8) is 0 Å². The summed E-state index contributed by atoms with van der Waals surface area (Å²) in [5, 5.41) is 9.34. The number of aliphatic carboxylic acids is 1. The lowest BCUT2D eigenvalue weighted by atomic mass is 9.85. The zero-order valence-corrected chi connectivity index (χ0v) is 11.0. The second-order valence-electron chi connectivity index (χ2n) is 5.63. The van der Waals surface area contributed by atoms with E-state index in [1.165, 1.54) is 12.1 Å². The molecule has 0 radical (unpaired) electrons. The molecule has 0 bridgehead atoms. The number of carboxylic acid groups (broad SMARTS) is 1. The molecule has 0 unspecified atom stereocenters. The van der Waals surface area contributed by atoms with Crippen LogP contribution in [0.15, 0.2) is 24.3 Å². The van der Waals surface area contributed by atoms with Crippen LogP contribution in [-0.4, -0.2) is 33.8 Å². The number of rotatable bonds is 2. The topological polar surface area (TPSA) is 74.7 Å². The van der Waals surface area contributed by atoms with Gasteiger partial charge in [0.1, 0.15) is 6.04 Å². The van der Waals surface area contributed by atoms with Crippen molar-refractivity contribution in [3.8, 4) is 0 Å². The van der Waals surface area contributed by atoms with Gasteiger partial charge >= 0.3 is 5.97 Å². The first-order chi connectivity index (χ1) is 8.75. The summed E-state index contributed by atoms with van der Waals surface area (Å²) < 4.78 is 0. The minimum atomic E-state index is -1.18. The van der Waals surface area contributed by atoms with Crippen LogP contribution >= 0.6 is 0 Å². The summed E-state index contributed by atoms with van der Waals surface area (Å²) in [5.74, 6) is -2.26. The Morgan fingerprint density at radius 1 is 1.11 bits per heavy atom. The van der Waals surface area contributed by atoms with Gasteiger partial charge in [-0.2, -0.15) is 0 Å². The summed E-state index contributed by atoms with van der Waals surface area (Å²) in [5.41, 5.74) is -0.204. The minimum absolute atomic E-state index is 0.267. The normalized spacial score (nSPS) is 16.5. The molecule has 0 aromatic heterocycles. The third-order valence-corrected chi connectivity index (χ3v) is 3.14. The highest BCUT2D eigenvalue weighted by Gasteiger charge is 2.47. The molecule has 1 aromatic rings. The molecule has 2 rings (SSSR count). The Balaban J connectivity index is 2.52. The van der Waals surface area contributed by atoms with Crippen LogP contribution in [0, 0.1) is 5.41 Å². The van der Waals surface area contributed by atoms with Gasteiger partial charge in [0.2, 0.25) is 0 Å². The standard InChI is InChI=1S/C14H15NO4/c1-14(2,3)10(13(18)19)15-11(16)8-6-4-5-7-9(8)12(15)17/h4-7,10H,1-3H3,(H,18,19)/t10-/m0/s1. The summed E-state index contributed by atoms with van der Waals surface area (Å²) in [4.78, 5) is 36.8. The predicted molar refractivity (Wildman–Crippen MR) is 67.8 cm³/mol. The lowest BCUT2D eigenvalue weighted by Gasteiger charge is -2.33. The highest BCUT2D eigenvalue weighted by Crippen LogP contribution is 2.32. The lowest BCUT2D eigenvalue weighted by Crippen LogP contribution is -2.51. The maximum Gasteiger partial charge on any atom is 0.327 e. The molecule has 0 saturated carbocycles. The van der Waals surface area contributed by atoms with Gasteiger partial charge in [0, 0.05) is 0 Å². The quantitative estimate of drug-likeness (QED) is 0.823. The number of benzene rings is 1. The molecule has 19 heavy (non-hydrogen) atoms. The molecule has 0 spiro atoms. The number of nitrogens with zero attached hydrogens (tertiary/aromatic N) is 1. The zero-order chi connectivity index (χ0) is 14.4. The van der Waals surface area contributed by atoms with Crippen molar-refractivity contribution in [2.45, 2.75) is 26.8 Å². The van der Waals surface area contributed by atoms with Crippen LogP contribution < -0.4 is 0 Å². The first kappa shape index (κ1) is 13.3. The van der Waals surface area contributed by atoms with Crippen molar-refractivity contribution in [1.82, 2.24) is 4.90 Å². The third kappa shape index (κ3) is 2.01. The van der Waals surface area contributed by atoms with Gasteiger partial charge in [0.05, 0.1) is 11.1 Å². The van der Waals surface area contributed by atoms with Gasteiger partial charge in [-0.15, -0.1) is 0 Å². The molecule has 1 aliphatic heterocycles. The van der Waals surface area contributed by atoms with Crippen LogP contribution in [0.4, 0.5) is 0 Å². The first-order valence-electron chi connectivity index (χ1n) is 5.95. The molecule has 1 heterocycles. The maximum absolute atomic E-state index is 12.2. The van der Waals surface area contributed by atoms with Crippen molar-refractivity contribution in [2.75, 3.05) is 0 Å². The Morgan fingerprint density at radius 2 is 1.53 bits per heavy atom. The van der Waals surface area contributed by atoms with Gasteiger partial charge in [0.25, 0.3) is 11.8 Å². The maximum atomic E-state index is 12.2. The average Bonchev–Trinajstić information content (AvgIpc) is 2.53. The van der Waals surface area contributed by atoms with E-state index in [0.717, 1.165) is 4.90 Å². The van der Waals surface area contributed by atoms with E-state index in [4.69, 9.17) is 0 Å². The molecule has 0 aliphatic carbocycles. The Kier molecular flexibility index (Phi) is 2.92. The molecule has 2 amide bonds. The Labute approximate surface area is 110 Å². The monoisotopic (exact) mass is 261 g/mol. The molecular formula is C14H15NO4. The highest BCUT2D eigenvalue weighted by molar-refractivity contribution is 6.22. The van der Waals surface area contributed by atoms with Gasteiger partial charge in [0.15, 0.2) is 0 Å². The number of imide groups is 1. The lowest BCUT2D eigenvalue weighted by molar-refractivity contribution is -0.145. The Hall–Kier alpha value is -2.17. The molecule has 1 aromatic carbocycles. The fourth-order valence-electron chi connectivity index (χ4n) is 2.31. The summed E-state index contributed by atoms with van der Waals surface area (Å²) in [6.07, 6.45) is 0. The van der Waals surface area contributed by atoms with Crippen LogP contribution in [-0.2, 0) is 4.79 Å². The Morgan fingerprint density at radius 3 is 1.84 bits per heavy atom. The number of hydrogen-bond acceptors (Lipinski definition) is 3. The molecule has 5 nitrogen and oxygen atoms in total. The number of amides is 2. The number of carboxylic acids is 1. The van der Waals surface area contributed by atoms with Gasteiger partial charge < -0.3 is 5.11 Å². The highest BCUT2D eigenvalue weighted by atomic mass is 16.4. The molecule has 0 saturated heterocycles. The van der Waals surface area contributed by atoms with E-state index in [9.17, 15) is 19.5 Å². The van der Waals surface area contributed by atoms with E-state index in [0.29, 0.717) is 0 Å². The minimum Gasteiger partial charge on any atom is -0.480 e. The van der Waals surface area contributed by atoms with Gasteiger partial charge in [-0.1, -0.05) is 32.9 Å². The van der Waals surface area contributed by atoms with E-state index < -0.39 is 29.2 Å².